The number of Topliss-reactive ketones (excluding diaryl/α,β-unsaturated/α-hetero) is 1. The fourth-order valence-corrected chi connectivity index (χ4v) is 0.934. The van der Waals surface area contributed by atoms with Crippen molar-refractivity contribution >= 4 is 5.78 Å². The van der Waals surface area contributed by atoms with Gasteiger partial charge in [0.15, 0.2) is 5.78 Å². The van der Waals surface area contributed by atoms with Crippen LogP contribution in [0.2, 0.25) is 0 Å². The number of carbonyl (C=O) groups is 1. The Morgan fingerprint density at radius 3 is 2.50 bits per heavy atom. The van der Waals surface area contributed by atoms with E-state index in [1.807, 2.05) is 6.92 Å². The predicted octanol–water partition coefficient (Wildman–Crippen LogP) is 1.04. The van der Waals surface area contributed by atoms with Gasteiger partial charge in [0.25, 0.3) is 0 Å². The molecule has 0 heterocycles. The molecule has 0 bridgehead atoms. The lowest BCUT2D eigenvalue weighted by Crippen LogP contribution is -2.12. The van der Waals surface area contributed by atoms with Crippen molar-refractivity contribution in [2.75, 3.05) is 40.1 Å². The highest BCUT2D eigenvalue weighted by molar-refractivity contribution is 5.79. The first-order chi connectivity index (χ1) is 6.81. The minimum absolute atomic E-state index is 0.124. The van der Waals surface area contributed by atoms with Crippen LogP contribution in [0.25, 0.3) is 0 Å². The number of hydrogen-bond donors (Lipinski definition) is 0. The second-order valence-electron chi connectivity index (χ2n) is 2.88. The third-order valence-corrected chi connectivity index (χ3v) is 1.64. The van der Waals surface area contributed by atoms with Gasteiger partial charge >= 0.3 is 0 Å². The van der Waals surface area contributed by atoms with Gasteiger partial charge in [-0.05, 0) is 13.3 Å². The maximum atomic E-state index is 11.1. The van der Waals surface area contributed by atoms with E-state index in [-0.39, 0.29) is 12.4 Å². The Kier molecular flexibility index (Phi) is 10.3. The molecule has 0 saturated heterocycles. The number of carbonyl (C=O) groups excluding carboxylic acids is 1. The van der Waals surface area contributed by atoms with Crippen LogP contribution in [0.1, 0.15) is 19.8 Å². The maximum Gasteiger partial charge on any atom is 0.158 e. The van der Waals surface area contributed by atoms with Crippen LogP contribution in [0.3, 0.4) is 0 Å². The molecule has 0 aliphatic heterocycles. The Balaban J connectivity index is 3.10. The molecular formula is C10H20O4. The van der Waals surface area contributed by atoms with Crippen LogP contribution in [0.4, 0.5) is 0 Å². The standard InChI is InChI=1S/C10H20O4/c1-3-13-7-8-14-9-10(11)5-4-6-12-2/h3-9H2,1-2H3. The van der Waals surface area contributed by atoms with Crippen LogP contribution in [0.5, 0.6) is 0 Å². The molecule has 0 aliphatic rings. The van der Waals surface area contributed by atoms with Gasteiger partial charge in [-0.2, -0.15) is 0 Å². The smallest absolute Gasteiger partial charge is 0.158 e. The Morgan fingerprint density at radius 1 is 1.14 bits per heavy atom. The molecule has 0 rings (SSSR count). The molecule has 0 amide bonds. The lowest BCUT2D eigenvalue weighted by atomic mass is 10.2. The molecule has 0 atom stereocenters. The summed E-state index contributed by atoms with van der Waals surface area (Å²) in [4.78, 5) is 11.1. The molecule has 84 valence electrons. The summed E-state index contributed by atoms with van der Waals surface area (Å²) in [7, 11) is 1.63. The molecule has 14 heavy (non-hydrogen) atoms. The lowest BCUT2D eigenvalue weighted by molar-refractivity contribution is -0.124. The van der Waals surface area contributed by atoms with Crippen LogP contribution in [-0.2, 0) is 19.0 Å². The maximum absolute atomic E-state index is 11.1. The minimum atomic E-state index is 0.124. The van der Waals surface area contributed by atoms with Crippen LogP contribution >= 0.6 is 0 Å². The molecule has 0 aromatic rings. The quantitative estimate of drug-likeness (QED) is 0.499. The summed E-state index contributed by atoms with van der Waals surface area (Å²) in [6, 6.07) is 0. The van der Waals surface area contributed by atoms with E-state index >= 15 is 0 Å². The van der Waals surface area contributed by atoms with Crippen LogP contribution < -0.4 is 0 Å². The van der Waals surface area contributed by atoms with E-state index in [9.17, 15) is 4.79 Å². The van der Waals surface area contributed by atoms with Crippen molar-refractivity contribution in [2.24, 2.45) is 0 Å². The first-order valence-electron chi connectivity index (χ1n) is 4.97. The summed E-state index contributed by atoms with van der Waals surface area (Å²) in [5, 5.41) is 0. The van der Waals surface area contributed by atoms with Crippen molar-refractivity contribution in [3.63, 3.8) is 0 Å². The predicted molar refractivity (Wildman–Crippen MR) is 53.4 cm³/mol. The number of ether oxygens (including phenoxy) is 3. The molecule has 4 nitrogen and oxygen atoms in total. The molecule has 0 fully saturated rings. The topological polar surface area (TPSA) is 44.8 Å². The Bertz CT molecular complexity index is 136. The Morgan fingerprint density at radius 2 is 1.86 bits per heavy atom. The zero-order valence-electron chi connectivity index (χ0n) is 9.08. The van der Waals surface area contributed by atoms with Crippen molar-refractivity contribution < 1.29 is 19.0 Å². The summed E-state index contributed by atoms with van der Waals surface area (Å²) in [5.41, 5.74) is 0. The van der Waals surface area contributed by atoms with Gasteiger partial charge in [0.05, 0.1) is 13.2 Å². The van der Waals surface area contributed by atoms with Gasteiger partial charge in [-0.15, -0.1) is 0 Å². The monoisotopic (exact) mass is 204 g/mol. The van der Waals surface area contributed by atoms with Crippen molar-refractivity contribution in [2.45, 2.75) is 19.8 Å². The Hall–Kier alpha value is -0.450. The summed E-state index contributed by atoms with van der Waals surface area (Å²) in [6.07, 6.45) is 1.30. The SMILES string of the molecule is CCOCCOCC(=O)CCCOC. The summed E-state index contributed by atoms with van der Waals surface area (Å²) in [5.74, 6) is 0.124. The van der Waals surface area contributed by atoms with Gasteiger partial charge in [0, 0.05) is 26.7 Å². The van der Waals surface area contributed by atoms with E-state index in [4.69, 9.17) is 14.2 Å². The molecular weight excluding hydrogens is 184 g/mol. The van der Waals surface area contributed by atoms with Crippen LogP contribution in [-0.4, -0.2) is 45.9 Å². The molecule has 0 aromatic carbocycles. The van der Waals surface area contributed by atoms with E-state index in [0.717, 1.165) is 6.42 Å². The van der Waals surface area contributed by atoms with Crippen molar-refractivity contribution in [3.8, 4) is 0 Å². The zero-order valence-corrected chi connectivity index (χ0v) is 9.08. The third kappa shape index (κ3) is 9.64. The highest BCUT2D eigenvalue weighted by atomic mass is 16.5. The summed E-state index contributed by atoms with van der Waals surface area (Å²) < 4.78 is 15.0. The van der Waals surface area contributed by atoms with Crippen LogP contribution in [0.15, 0.2) is 0 Å². The first-order valence-corrected chi connectivity index (χ1v) is 4.97. The number of ketones is 1. The number of hydrogen-bond acceptors (Lipinski definition) is 4. The molecule has 0 N–H and O–H groups in total. The fourth-order valence-electron chi connectivity index (χ4n) is 0.934. The second-order valence-corrected chi connectivity index (χ2v) is 2.88. The third-order valence-electron chi connectivity index (χ3n) is 1.64. The lowest BCUT2D eigenvalue weighted by Gasteiger charge is -2.03. The molecule has 0 radical (unpaired) electrons. The van der Waals surface area contributed by atoms with E-state index in [0.29, 0.717) is 32.8 Å². The Labute approximate surface area is 85.5 Å². The van der Waals surface area contributed by atoms with Gasteiger partial charge in [-0.1, -0.05) is 0 Å². The van der Waals surface area contributed by atoms with E-state index in [1.54, 1.807) is 7.11 Å². The minimum Gasteiger partial charge on any atom is -0.385 e. The van der Waals surface area contributed by atoms with Crippen molar-refractivity contribution in [1.82, 2.24) is 0 Å². The molecule has 4 heteroatoms. The van der Waals surface area contributed by atoms with Crippen LogP contribution in [0, 0.1) is 0 Å². The van der Waals surface area contributed by atoms with Gasteiger partial charge in [0.2, 0.25) is 0 Å². The summed E-state index contributed by atoms with van der Waals surface area (Å²) in [6.45, 7) is 4.48. The average molecular weight is 204 g/mol. The van der Waals surface area contributed by atoms with Gasteiger partial charge in [0.1, 0.15) is 6.61 Å². The largest absolute Gasteiger partial charge is 0.385 e. The molecule has 0 aliphatic carbocycles. The van der Waals surface area contributed by atoms with E-state index in [1.165, 1.54) is 0 Å². The molecule has 0 saturated carbocycles. The summed E-state index contributed by atoms with van der Waals surface area (Å²) >= 11 is 0. The van der Waals surface area contributed by atoms with Gasteiger partial charge in [-0.25, -0.2) is 0 Å². The van der Waals surface area contributed by atoms with E-state index < -0.39 is 0 Å². The fraction of sp³-hybridized carbons (Fsp3) is 0.900. The molecule has 0 unspecified atom stereocenters. The number of rotatable bonds is 10. The van der Waals surface area contributed by atoms with E-state index in [2.05, 4.69) is 0 Å². The highest BCUT2D eigenvalue weighted by Gasteiger charge is 2.01. The van der Waals surface area contributed by atoms with Crippen molar-refractivity contribution in [3.05, 3.63) is 0 Å². The van der Waals surface area contributed by atoms with Gasteiger partial charge < -0.3 is 14.2 Å². The number of methoxy groups -OCH3 is 1. The molecule has 0 spiro atoms. The zero-order chi connectivity index (χ0) is 10.6. The average Bonchev–Trinajstić information content (AvgIpc) is 2.18. The highest BCUT2D eigenvalue weighted by Crippen LogP contribution is 1.92. The van der Waals surface area contributed by atoms with Gasteiger partial charge in [-0.3, -0.25) is 4.79 Å². The first kappa shape index (κ1) is 13.5. The molecule has 0 aromatic heterocycles. The normalized spacial score (nSPS) is 10.4. The van der Waals surface area contributed by atoms with Crippen molar-refractivity contribution in [1.29, 1.82) is 0 Å². The second kappa shape index (κ2) is 10.6.